The minimum absolute atomic E-state index is 0.288. The quantitative estimate of drug-likeness (QED) is 0.776. The summed E-state index contributed by atoms with van der Waals surface area (Å²) in [4.78, 5) is 8.67. The standard InChI is InChI=1S/C11H9N3S/c12-11(15)10-8(4-3-7-14-10)9-5-1-2-6-13-9/h1-7H,(H2,12,15). The molecule has 2 aromatic rings. The minimum Gasteiger partial charge on any atom is -0.388 e. The van der Waals surface area contributed by atoms with Gasteiger partial charge in [0.1, 0.15) is 10.7 Å². The first-order valence-electron chi connectivity index (χ1n) is 4.45. The fourth-order valence-electron chi connectivity index (χ4n) is 1.33. The average molecular weight is 215 g/mol. The van der Waals surface area contributed by atoms with Gasteiger partial charge in [0.15, 0.2) is 0 Å². The molecule has 0 saturated heterocycles. The van der Waals surface area contributed by atoms with Gasteiger partial charge in [-0.3, -0.25) is 9.97 Å². The van der Waals surface area contributed by atoms with Crippen molar-refractivity contribution < 1.29 is 0 Å². The summed E-state index contributed by atoms with van der Waals surface area (Å²) in [6.45, 7) is 0. The molecule has 2 heterocycles. The fourth-order valence-corrected chi connectivity index (χ4v) is 1.49. The van der Waals surface area contributed by atoms with Crippen LogP contribution in [0.25, 0.3) is 11.3 Å². The minimum atomic E-state index is 0.288. The first-order valence-corrected chi connectivity index (χ1v) is 4.86. The molecule has 0 unspecified atom stereocenters. The Labute approximate surface area is 93.0 Å². The summed E-state index contributed by atoms with van der Waals surface area (Å²) in [5, 5.41) is 0. The van der Waals surface area contributed by atoms with Crippen LogP contribution in [0.2, 0.25) is 0 Å². The largest absolute Gasteiger partial charge is 0.388 e. The van der Waals surface area contributed by atoms with Crippen molar-refractivity contribution in [3.05, 3.63) is 48.4 Å². The highest BCUT2D eigenvalue weighted by atomic mass is 32.1. The van der Waals surface area contributed by atoms with E-state index in [9.17, 15) is 0 Å². The molecule has 0 radical (unpaired) electrons. The smallest absolute Gasteiger partial charge is 0.123 e. The Morgan fingerprint density at radius 2 is 1.87 bits per heavy atom. The molecule has 0 aliphatic heterocycles. The Hall–Kier alpha value is -1.81. The Morgan fingerprint density at radius 3 is 2.53 bits per heavy atom. The Bertz CT molecular complexity index is 482. The van der Waals surface area contributed by atoms with Gasteiger partial charge < -0.3 is 5.73 Å². The highest BCUT2D eigenvalue weighted by molar-refractivity contribution is 7.80. The Morgan fingerprint density at radius 1 is 1.07 bits per heavy atom. The molecule has 15 heavy (non-hydrogen) atoms. The summed E-state index contributed by atoms with van der Waals surface area (Å²) >= 11 is 4.94. The molecule has 2 rings (SSSR count). The molecular formula is C11H9N3S. The van der Waals surface area contributed by atoms with Gasteiger partial charge in [-0.2, -0.15) is 0 Å². The maximum absolute atomic E-state index is 5.59. The highest BCUT2D eigenvalue weighted by Gasteiger charge is 2.08. The van der Waals surface area contributed by atoms with Crippen LogP contribution >= 0.6 is 12.2 Å². The third-order valence-electron chi connectivity index (χ3n) is 1.98. The molecular weight excluding hydrogens is 206 g/mol. The lowest BCUT2D eigenvalue weighted by Gasteiger charge is -2.05. The summed E-state index contributed by atoms with van der Waals surface area (Å²) in [5.74, 6) is 0. The predicted octanol–water partition coefficient (Wildman–Crippen LogP) is 1.78. The van der Waals surface area contributed by atoms with Crippen LogP contribution in [0.4, 0.5) is 0 Å². The van der Waals surface area contributed by atoms with E-state index in [1.807, 2.05) is 30.3 Å². The van der Waals surface area contributed by atoms with Gasteiger partial charge in [0.05, 0.1) is 5.69 Å². The number of nitrogens with two attached hydrogens (primary N) is 1. The Kier molecular flexibility index (Phi) is 2.69. The molecule has 0 atom stereocenters. The molecule has 2 aromatic heterocycles. The van der Waals surface area contributed by atoms with Crippen molar-refractivity contribution in [3.8, 4) is 11.3 Å². The lowest BCUT2D eigenvalue weighted by molar-refractivity contribution is 1.26. The van der Waals surface area contributed by atoms with Crippen molar-refractivity contribution in [1.82, 2.24) is 9.97 Å². The van der Waals surface area contributed by atoms with Crippen LogP contribution < -0.4 is 5.73 Å². The summed E-state index contributed by atoms with van der Waals surface area (Å²) in [7, 11) is 0. The molecule has 0 aliphatic rings. The van der Waals surface area contributed by atoms with Crippen molar-refractivity contribution in [3.63, 3.8) is 0 Å². The van der Waals surface area contributed by atoms with Crippen LogP contribution in [0.15, 0.2) is 42.7 Å². The van der Waals surface area contributed by atoms with Crippen molar-refractivity contribution >= 4 is 17.2 Å². The lowest BCUT2D eigenvalue weighted by atomic mass is 10.1. The van der Waals surface area contributed by atoms with Crippen molar-refractivity contribution in [2.45, 2.75) is 0 Å². The van der Waals surface area contributed by atoms with Gasteiger partial charge in [-0.15, -0.1) is 0 Å². The van der Waals surface area contributed by atoms with Crippen LogP contribution in [-0.2, 0) is 0 Å². The van der Waals surface area contributed by atoms with E-state index in [2.05, 4.69) is 9.97 Å². The number of pyridine rings is 2. The molecule has 0 amide bonds. The Balaban J connectivity index is 2.58. The van der Waals surface area contributed by atoms with Crippen LogP contribution in [0.1, 0.15) is 5.69 Å². The van der Waals surface area contributed by atoms with Gasteiger partial charge in [-0.05, 0) is 24.3 Å². The summed E-state index contributed by atoms with van der Waals surface area (Å²) < 4.78 is 0. The second kappa shape index (κ2) is 4.14. The summed E-state index contributed by atoms with van der Waals surface area (Å²) in [6, 6.07) is 9.42. The van der Waals surface area contributed by atoms with Gasteiger partial charge in [-0.25, -0.2) is 0 Å². The lowest BCUT2D eigenvalue weighted by Crippen LogP contribution is -2.13. The molecule has 0 bridgehead atoms. The molecule has 0 fully saturated rings. The number of thiocarbonyl (C=S) groups is 1. The maximum atomic E-state index is 5.59. The first kappa shape index (κ1) is 9.73. The second-order valence-electron chi connectivity index (χ2n) is 2.98. The summed E-state index contributed by atoms with van der Waals surface area (Å²) in [6.07, 6.45) is 3.40. The van der Waals surface area contributed by atoms with Crippen molar-refractivity contribution in [2.75, 3.05) is 0 Å². The van der Waals surface area contributed by atoms with E-state index in [0.717, 1.165) is 11.3 Å². The van der Waals surface area contributed by atoms with E-state index in [-0.39, 0.29) is 4.99 Å². The van der Waals surface area contributed by atoms with Gasteiger partial charge in [-0.1, -0.05) is 18.3 Å². The van der Waals surface area contributed by atoms with Crippen LogP contribution in [0.3, 0.4) is 0 Å². The van der Waals surface area contributed by atoms with Crippen LogP contribution in [0, 0.1) is 0 Å². The first-order chi connectivity index (χ1) is 7.29. The monoisotopic (exact) mass is 215 g/mol. The predicted molar refractivity (Wildman–Crippen MR) is 63.4 cm³/mol. The van der Waals surface area contributed by atoms with E-state index < -0.39 is 0 Å². The van der Waals surface area contributed by atoms with Gasteiger partial charge >= 0.3 is 0 Å². The number of hydrogen-bond donors (Lipinski definition) is 1. The molecule has 2 N–H and O–H groups in total. The third-order valence-corrected chi connectivity index (χ3v) is 2.18. The summed E-state index contributed by atoms with van der Waals surface area (Å²) in [5.41, 5.74) is 7.90. The number of nitrogens with zero attached hydrogens (tertiary/aromatic N) is 2. The number of rotatable bonds is 2. The van der Waals surface area contributed by atoms with Gasteiger partial charge in [0, 0.05) is 18.0 Å². The molecule has 3 nitrogen and oxygen atoms in total. The normalized spacial score (nSPS) is 9.87. The maximum Gasteiger partial charge on any atom is 0.123 e. The van der Waals surface area contributed by atoms with E-state index in [1.54, 1.807) is 12.4 Å². The zero-order chi connectivity index (χ0) is 10.7. The fraction of sp³-hybridized carbons (Fsp3) is 0. The molecule has 4 heteroatoms. The molecule has 0 aromatic carbocycles. The number of aromatic nitrogens is 2. The van der Waals surface area contributed by atoms with E-state index in [4.69, 9.17) is 18.0 Å². The zero-order valence-corrected chi connectivity index (χ0v) is 8.74. The molecule has 0 aliphatic carbocycles. The van der Waals surface area contributed by atoms with Gasteiger partial charge in [0.25, 0.3) is 0 Å². The van der Waals surface area contributed by atoms with Gasteiger partial charge in [0.2, 0.25) is 0 Å². The topological polar surface area (TPSA) is 51.8 Å². The van der Waals surface area contributed by atoms with E-state index in [0.29, 0.717) is 5.69 Å². The zero-order valence-electron chi connectivity index (χ0n) is 7.92. The van der Waals surface area contributed by atoms with E-state index >= 15 is 0 Å². The van der Waals surface area contributed by atoms with Crippen molar-refractivity contribution in [2.24, 2.45) is 5.73 Å². The van der Waals surface area contributed by atoms with Crippen molar-refractivity contribution in [1.29, 1.82) is 0 Å². The SMILES string of the molecule is NC(=S)c1ncccc1-c1ccccn1. The van der Waals surface area contributed by atoms with Crippen LogP contribution in [0.5, 0.6) is 0 Å². The second-order valence-corrected chi connectivity index (χ2v) is 3.42. The molecule has 74 valence electrons. The highest BCUT2D eigenvalue weighted by Crippen LogP contribution is 2.18. The van der Waals surface area contributed by atoms with Crippen LogP contribution in [-0.4, -0.2) is 15.0 Å². The third kappa shape index (κ3) is 1.99. The number of hydrogen-bond acceptors (Lipinski definition) is 3. The van der Waals surface area contributed by atoms with E-state index in [1.165, 1.54) is 0 Å². The molecule has 0 spiro atoms. The average Bonchev–Trinajstić information content (AvgIpc) is 2.30. The molecule has 0 saturated carbocycles.